The van der Waals surface area contributed by atoms with Gasteiger partial charge in [0.15, 0.2) is 0 Å². The van der Waals surface area contributed by atoms with Crippen molar-refractivity contribution in [3.05, 3.63) is 23.4 Å². The summed E-state index contributed by atoms with van der Waals surface area (Å²) in [5.41, 5.74) is 0.868. The molecular formula is C11H9ClN2OS. The van der Waals surface area contributed by atoms with Crippen LogP contribution in [-0.2, 0) is 4.79 Å². The molecule has 0 spiro atoms. The van der Waals surface area contributed by atoms with E-state index >= 15 is 0 Å². The van der Waals surface area contributed by atoms with E-state index in [2.05, 4.69) is 4.98 Å². The van der Waals surface area contributed by atoms with Gasteiger partial charge in [-0.3, -0.25) is 9.78 Å². The molecule has 0 atom stereocenters. The van der Waals surface area contributed by atoms with Crippen molar-refractivity contribution in [3.8, 4) is 0 Å². The molecule has 0 radical (unpaired) electrons. The minimum atomic E-state index is 0.197. The average molecular weight is 253 g/mol. The predicted molar refractivity (Wildman–Crippen MR) is 66.2 cm³/mol. The lowest BCUT2D eigenvalue weighted by Gasteiger charge is -2.11. The number of carbonyl (C=O) groups is 1. The van der Waals surface area contributed by atoms with Gasteiger partial charge in [-0.25, -0.2) is 0 Å². The molecule has 0 aromatic carbocycles. The molecule has 2 aromatic rings. The van der Waals surface area contributed by atoms with E-state index in [0.717, 1.165) is 28.2 Å². The molecule has 0 aliphatic carbocycles. The lowest BCUT2D eigenvalue weighted by molar-refractivity contribution is -0.117. The Morgan fingerprint density at radius 2 is 2.38 bits per heavy atom. The second-order valence-corrected chi connectivity index (χ2v) is 5.18. The maximum atomic E-state index is 11.6. The van der Waals surface area contributed by atoms with Gasteiger partial charge in [0.1, 0.15) is 5.00 Å². The van der Waals surface area contributed by atoms with Gasteiger partial charge >= 0.3 is 0 Å². The Morgan fingerprint density at radius 1 is 1.50 bits per heavy atom. The summed E-state index contributed by atoms with van der Waals surface area (Å²) < 4.78 is 0.957. The second-order valence-electron chi connectivity index (χ2n) is 3.74. The van der Waals surface area contributed by atoms with E-state index in [4.69, 9.17) is 11.6 Å². The number of nitrogens with zero attached hydrogens (tertiary/aromatic N) is 2. The molecule has 0 unspecified atom stereocenters. The first-order valence-electron chi connectivity index (χ1n) is 5.10. The maximum absolute atomic E-state index is 11.6. The molecule has 16 heavy (non-hydrogen) atoms. The average Bonchev–Trinajstić information content (AvgIpc) is 2.84. The highest BCUT2D eigenvalue weighted by atomic mass is 35.5. The maximum Gasteiger partial charge on any atom is 0.227 e. The number of halogens is 1. The number of hydrogen-bond donors (Lipinski definition) is 0. The number of hydrogen-bond acceptors (Lipinski definition) is 3. The molecule has 2 aromatic heterocycles. The van der Waals surface area contributed by atoms with Crippen LogP contribution >= 0.6 is 22.9 Å². The monoisotopic (exact) mass is 252 g/mol. The van der Waals surface area contributed by atoms with Crippen molar-refractivity contribution in [1.29, 1.82) is 0 Å². The van der Waals surface area contributed by atoms with E-state index in [1.165, 1.54) is 11.3 Å². The number of rotatable bonds is 1. The Bertz CT molecular complexity index is 566. The predicted octanol–water partition coefficient (Wildman–Crippen LogP) is 3.08. The third-order valence-corrected chi connectivity index (χ3v) is 4.30. The van der Waals surface area contributed by atoms with Gasteiger partial charge in [-0.05, 0) is 18.6 Å². The fourth-order valence-corrected chi connectivity index (χ4v) is 3.24. The van der Waals surface area contributed by atoms with Crippen LogP contribution in [0.5, 0.6) is 0 Å². The third-order valence-electron chi connectivity index (χ3n) is 2.69. The van der Waals surface area contributed by atoms with Crippen molar-refractivity contribution in [2.75, 3.05) is 11.4 Å². The molecule has 1 fully saturated rings. The molecule has 1 saturated heterocycles. The van der Waals surface area contributed by atoms with Crippen LogP contribution in [0, 0.1) is 0 Å². The largest absolute Gasteiger partial charge is 0.304 e. The smallest absolute Gasteiger partial charge is 0.227 e. The molecule has 0 N–H and O–H groups in total. The number of fused-ring (bicyclic) bond motifs is 1. The van der Waals surface area contributed by atoms with Gasteiger partial charge < -0.3 is 4.90 Å². The minimum absolute atomic E-state index is 0.197. The summed E-state index contributed by atoms with van der Waals surface area (Å²) in [4.78, 5) is 17.7. The first-order chi connectivity index (χ1) is 7.75. The summed E-state index contributed by atoms with van der Waals surface area (Å²) in [6, 6.07) is 3.71. The first-order valence-corrected chi connectivity index (χ1v) is 6.29. The van der Waals surface area contributed by atoms with Gasteiger partial charge in [0.2, 0.25) is 5.91 Å². The number of thiophene rings is 1. The molecular weight excluding hydrogens is 244 g/mol. The van der Waals surface area contributed by atoms with Crippen LogP contribution in [0.3, 0.4) is 0 Å². The second kappa shape index (κ2) is 3.71. The Hall–Kier alpha value is -1.13. The molecule has 5 heteroatoms. The molecule has 3 heterocycles. The fourth-order valence-electron chi connectivity index (χ4n) is 1.91. The molecule has 1 amide bonds. The van der Waals surface area contributed by atoms with Crippen molar-refractivity contribution in [2.45, 2.75) is 12.8 Å². The van der Waals surface area contributed by atoms with Crippen molar-refractivity contribution in [1.82, 2.24) is 4.98 Å². The Balaban J connectivity index is 2.11. The summed E-state index contributed by atoms with van der Waals surface area (Å²) in [5.74, 6) is 0.197. The number of amides is 1. The summed E-state index contributed by atoms with van der Waals surface area (Å²) in [6.45, 7) is 0.809. The highest BCUT2D eigenvalue weighted by Gasteiger charge is 2.23. The van der Waals surface area contributed by atoms with E-state index in [0.29, 0.717) is 11.4 Å². The summed E-state index contributed by atoms with van der Waals surface area (Å²) in [6.07, 6.45) is 3.27. The van der Waals surface area contributed by atoms with E-state index in [-0.39, 0.29) is 5.91 Å². The van der Waals surface area contributed by atoms with Crippen molar-refractivity contribution in [3.63, 3.8) is 0 Å². The van der Waals surface area contributed by atoms with Gasteiger partial charge in [0, 0.05) is 19.2 Å². The summed E-state index contributed by atoms with van der Waals surface area (Å²) in [7, 11) is 0. The van der Waals surface area contributed by atoms with E-state index in [1.807, 2.05) is 11.0 Å². The van der Waals surface area contributed by atoms with Crippen LogP contribution in [0.25, 0.3) is 10.2 Å². The zero-order chi connectivity index (χ0) is 11.1. The molecule has 82 valence electrons. The Kier molecular flexibility index (Phi) is 2.33. The van der Waals surface area contributed by atoms with Crippen molar-refractivity contribution in [2.24, 2.45) is 0 Å². The normalized spacial score (nSPS) is 16.3. The van der Waals surface area contributed by atoms with Crippen molar-refractivity contribution < 1.29 is 4.79 Å². The van der Waals surface area contributed by atoms with Crippen LogP contribution in [-0.4, -0.2) is 17.4 Å². The fraction of sp³-hybridized carbons (Fsp3) is 0.273. The highest BCUT2D eigenvalue weighted by molar-refractivity contribution is 7.23. The molecule has 3 nitrogen and oxygen atoms in total. The zero-order valence-electron chi connectivity index (χ0n) is 8.44. The number of aromatic nitrogens is 1. The quantitative estimate of drug-likeness (QED) is 0.782. The first kappa shape index (κ1) is 10.1. The van der Waals surface area contributed by atoms with Crippen LogP contribution in [0.2, 0.25) is 5.02 Å². The Morgan fingerprint density at radius 3 is 3.06 bits per heavy atom. The van der Waals surface area contributed by atoms with E-state index < -0.39 is 0 Å². The van der Waals surface area contributed by atoms with Crippen LogP contribution in [0.15, 0.2) is 18.3 Å². The van der Waals surface area contributed by atoms with Gasteiger partial charge in [-0.2, -0.15) is 0 Å². The molecule has 3 rings (SSSR count). The van der Waals surface area contributed by atoms with Gasteiger partial charge in [-0.1, -0.05) is 11.6 Å². The Labute approximate surface area is 102 Å². The van der Waals surface area contributed by atoms with Crippen LogP contribution in [0.4, 0.5) is 5.00 Å². The standard InChI is InChI=1S/C11H9ClN2OS/c12-7-3-4-13-8-6-10(16-11(7)8)14-5-1-2-9(14)15/h3-4,6H,1-2,5H2. The van der Waals surface area contributed by atoms with E-state index in [1.54, 1.807) is 12.3 Å². The zero-order valence-corrected chi connectivity index (χ0v) is 10.0. The van der Waals surface area contributed by atoms with Crippen LogP contribution in [0.1, 0.15) is 12.8 Å². The van der Waals surface area contributed by atoms with Crippen molar-refractivity contribution >= 4 is 44.1 Å². The van der Waals surface area contributed by atoms with Gasteiger partial charge in [0.05, 0.1) is 15.2 Å². The molecule has 0 saturated carbocycles. The van der Waals surface area contributed by atoms with E-state index in [9.17, 15) is 4.79 Å². The lowest BCUT2D eigenvalue weighted by Crippen LogP contribution is -2.22. The van der Waals surface area contributed by atoms with Gasteiger partial charge in [-0.15, -0.1) is 11.3 Å². The minimum Gasteiger partial charge on any atom is -0.304 e. The van der Waals surface area contributed by atoms with Crippen LogP contribution < -0.4 is 4.90 Å². The number of pyridine rings is 1. The summed E-state index contributed by atoms with van der Waals surface area (Å²) >= 11 is 7.62. The molecule has 1 aliphatic rings. The molecule has 1 aliphatic heterocycles. The summed E-state index contributed by atoms with van der Waals surface area (Å²) in [5, 5.41) is 1.66. The lowest BCUT2D eigenvalue weighted by atomic mass is 10.4. The topological polar surface area (TPSA) is 33.2 Å². The highest BCUT2D eigenvalue weighted by Crippen LogP contribution is 2.36. The number of carbonyl (C=O) groups excluding carboxylic acids is 1. The SMILES string of the molecule is O=C1CCCN1c1cc2nccc(Cl)c2s1. The molecule has 0 bridgehead atoms. The third kappa shape index (κ3) is 1.49. The number of anilines is 1. The van der Waals surface area contributed by atoms with Gasteiger partial charge in [0.25, 0.3) is 0 Å².